The van der Waals surface area contributed by atoms with Gasteiger partial charge in [0.15, 0.2) is 5.90 Å². The zero-order valence-corrected chi connectivity index (χ0v) is 7.55. The van der Waals surface area contributed by atoms with Crippen molar-refractivity contribution in [3.05, 3.63) is 0 Å². The fourth-order valence-corrected chi connectivity index (χ4v) is 1.79. The summed E-state index contributed by atoms with van der Waals surface area (Å²) in [5.74, 6) is 0.960. The molecule has 2 heterocycles. The third-order valence-electron chi connectivity index (χ3n) is 2.45. The van der Waals surface area contributed by atoms with Crippen molar-refractivity contribution in [2.45, 2.75) is 38.3 Å². The van der Waals surface area contributed by atoms with E-state index >= 15 is 0 Å². The lowest BCUT2D eigenvalue weighted by molar-refractivity contribution is 0.237. The van der Waals surface area contributed by atoms with Crippen LogP contribution in [0.25, 0.3) is 0 Å². The Labute approximate surface area is 73.2 Å². The van der Waals surface area contributed by atoms with Gasteiger partial charge in [-0.1, -0.05) is 0 Å². The Kier molecular flexibility index (Phi) is 2.30. The number of aliphatic imine (C=N–C) groups is 1. The molecule has 2 aliphatic heterocycles. The van der Waals surface area contributed by atoms with E-state index in [4.69, 9.17) is 4.74 Å². The van der Waals surface area contributed by atoms with Gasteiger partial charge in [-0.25, -0.2) is 0 Å². The SMILES string of the molecule is CC1CN=C(CC2CCCN2)O1. The summed E-state index contributed by atoms with van der Waals surface area (Å²) in [4.78, 5) is 4.33. The highest BCUT2D eigenvalue weighted by molar-refractivity contribution is 5.78. The van der Waals surface area contributed by atoms with Crippen molar-refractivity contribution < 1.29 is 4.74 Å². The van der Waals surface area contributed by atoms with Crippen LogP contribution in [0.1, 0.15) is 26.2 Å². The Bertz CT molecular complexity index is 185. The van der Waals surface area contributed by atoms with Gasteiger partial charge >= 0.3 is 0 Å². The second kappa shape index (κ2) is 3.44. The summed E-state index contributed by atoms with van der Waals surface area (Å²) in [6.45, 7) is 4.08. The van der Waals surface area contributed by atoms with Gasteiger partial charge in [0.25, 0.3) is 0 Å². The molecule has 0 aliphatic carbocycles. The van der Waals surface area contributed by atoms with Gasteiger partial charge in [0.1, 0.15) is 6.10 Å². The highest BCUT2D eigenvalue weighted by atomic mass is 16.5. The Morgan fingerprint density at radius 2 is 2.58 bits per heavy atom. The molecule has 12 heavy (non-hydrogen) atoms. The molecule has 68 valence electrons. The van der Waals surface area contributed by atoms with Crippen molar-refractivity contribution in [1.29, 1.82) is 0 Å². The summed E-state index contributed by atoms with van der Waals surface area (Å²) in [6, 6.07) is 0.619. The fraction of sp³-hybridized carbons (Fsp3) is 0.889. The Morgan fingerprint density at radius 1 is 1.67 bits per heavy atom. The molecule has 0 aromatic heterocycles. The van der Waals surface area contributed by atoms with Crippen LogP contribution in [0.4, 0.5) is 0 Å². The largest absolute Gasteiger partial charge is 0.476 e. The number of nitrogens with zero attached hydrogens (tertiary/aromatic N) is 1. The van der Waals surface area contributed by atoms with Crippen molar-refractivity contribution in [3.63, 3.8) is 0 Å². The van der Waals surface area contributed by atoms with Crippen LogP contribution < -0.4 is 5.32 Å². The topological polar surface area (TPSA) is 33.6 Å². The maximum Gasteiger partial charge on any atom is 0.185 e. The van der Waals surface area contributed by atoms with E-state index in [1.807, 2.05) is 0 Å². The van der Waals surface area contributed by atoms with Gasteiger partial charge in [-0.15, -0.1) is 0 Å². The Hall–Kier alpha value is -0.570. The molecule has 0 radical (unpaired) electrons. The van der Waals surface area contributed by atoms with Gasteiger partial charge in [-0.3, -0.25) is 4.99 Å². The van der Waals surface area contributed by atoms with Crippen LogP contribution in [-0.4, -0.2) is 31.1 Å². The van der Waals surface area contributed by atoms with Crippen molar-refractivity contribution in [1.82, 2.24) is 5.32 Å². The molecular weight excluding hydrogens is 152 g/mol. The first-order chi connectivity index (χ1) is 5.84. The van der Waals surface area contributed by atoms with Gasteiger partial charge in [0.05, 0.1) is 6.54 Å². The van der Waals surface area contributed by atoms with Gasteiger partial charge in [-0.2, -0.15) is 0 Å². The predicted octanol–water partition coefficient (Wildman–Crippen LogP) is 0.946. The normalized spacial score (nSPS) is 34.9. The molecule has 2 unspecified atom stereocenters. The molecule has 0 amide bonds. The summed E-state index contributed by atoms with van der Waals surface area (Å²) < 4.78 is 5.53. The lowest BCUT2D eigenvalue weighted by atomic mass is 10.1. The van der Waals surface area contributed by atoms with Gasteiger partial charge in [0.2, 0.25) is 0 Å². The first-order valence-corrected chi connectivity index (χ1v) is 4.78. The maximum absolute atomic E-state index is 5.53. The van der Waals surface area contributed by atoms with E-state index in [0.717, 1.165) is 25.4 Å². The molecule has 0 saturated carbocycles. The number of hydrogen-bond acceptors (Lipinski definition) is 3. The predicted molar refractivity (Wildman–Crippen MR) is 48.5 cm³/mol. The van der Waals surface area contributed by atoms with Gasteiger partial charge in [-0.05, 0) is 26.3 Å². The van der Waals surface area contributed by atoms with Crippen LogP contribution in [0.15, 0.2) is 4.99 Å². The molecule has 0 spiro atoms. The van der Waals surface area contributed by atoms with Crippen LogP contribution >= 0.6 is 0 Å². The lowest BCUT2D eigenvalue weighted by Crippen LogP contribution is -2.25. The third-order valence-corrected chi connectivity index (χ3v) is 2.45. The minimum absolute atomic E-state index is 0.307. The highest BCUT2D eigenvalue weighted by Gasteiger charge is 2.21. The van der Waals surface area contributed by atoms with Crippen LogP contribution in [0, 0.1) is 0 Å². The zero-order chi connectivity index (χ0) is 8.39. The number of ether oxygens (including phenoxy) is 1. The van der Waals surface area contributed by atoms with Crippen LogP contribution in [-0.2, 0) is 4.74 Å². The summed E-state index contributed by atoms with van der Waals surface area (Å²) >= 11 is 0. The minimum atomic E-state index is 0.307. The second-order valence-corrected chi connectivity index (χ2v) is 3.66. The molecule has 0 aromatic rings. The molecular formula is C9H16N2O. The molecule has 2 atom stereocenters. The average molecular weight is 168 g/mol. The second-order valence-electron chi connectivity index (χ2n) is 3.66. The first kappa shape index (κ1) is 8.05. The first-order valence-electron chi connectivity index (χ1n) is 4.78. The average Bonchev–Trinajstić information content (AvgIpc) is 2.63. The highest BCUT2D eigenvalue weighted by Crippen LogP contribution is 2.14. The van der Waals surface area contributed by atoms with Gasteiger partial charge in [0, 0.05) is 12.5 Å². The van der Waals surface area contributed by atoms with Crippen molar-refractivity contribution in [3.8, 4) is 0 Å². The summed E-state index contributed by atoms with van der Waals surface area (Å²) in [7, 11) is 0. The molecule has 1 saturated heterocycles. The van der Waals surface area contributed by atoms with Crippen LogP contribution in [0.3, 0.4) is 0 Å². The number of hydrogen-bond donors (Lipinski definition) is 1. The Morgan fingerprint density at radius 3 is 3.17 bits per heavy atom. The molecule has 1 N–H and O–H groups in total. The fourth-order valence-electron chi connectivity index (χ4n) is 1.79. The Balaban J connectivity index is 1.79. The van der Waals surface area contributed by atoms with E-state index in [1.165, 1.54) is 12.8 Å². The standard InChI is InChI=1S/C9H16N2O/c1-7-6-11-9(12-7)5-8-3-2-4-10-8/h7-8,10H,2-6H2,1H3. The quantitative estimate of drug-likeness (QED) is 0.666. The monoisotopic (exact) mass is 168 g/mol. The molecule has 0 bridgehead atoms. The van der Waals surface area contributed by atoms with E-state index in [2.05, 4.69) is 17.2 Å². The number of rotatable bonds is 2. The van der Waals surface area contributed by atoms with E-state index in [9.17, 15) is 0 Å². The van der Waals surface area contributed by atoms with E-state index in [-0.39, 0.29) is 0 Å². The smallest absolute Gasteiger partial charge is 0.185 e. The minimum Gasteiger partial charge on any atom is -0.476 e. The molecule has 3 nitrogen and oxygen atoms in total. The van der Waals surface area contributed by atoms with Crippen LogP contribution in [0.2, 0.25) is 0 Å². The van der Waals surface area contributed by atoms with Crippen molar-refractivity contribution in [2.24, 2.45) is 4.99 Å². The summed E-state index contributed by atoms with van der Waals surface area (Å²) in [6.07, 6.45) is 3.87. The molecule has 2 rings (SSSR count). The molecule has 0 aromatic carbocycles. The van der Waals surface area contributed by atoms with Crippen molar-refractivity contribution in [2.75, 3.05) is 13.1 Å². The zero-order valence-electron chi connectivity index (χ0n) is 7.55. The van der Waals surface area contributed by atoms with E-state index in [0.29, 0.717) is 12.1 Å². The van der Waals surface area contributed by atoms with E-state index < -0.39 is 0 Å². The molecule has 3 heteroatoms. The molecule has 2 aliphatic rings. The molecule has 1 fully saturated rings. The van der Waals surface area contributed by atoms with Crippen LogP contribution in [0.5, 0.6) is 0 Å². The van der Waals surface area contributed by atoms with Crippen molar-refractivity contribution >= 4 is 5.90 Å². The summed E-state index contributed by atoms with van der Waals surface area (Å²) in [5.41, 5.74) is 0. The summed E-state index contributed by atoms with van der Waals surface area (Å²) in [5, 5.41) is 3.44. The lowest BCUT2D eigenvalue weighted by Gasteiger charge is -2.10. The maximum atomic E-state index is 5.53. The van der Waals surface area contributed by atoms with E-state index in [1.54, 1.807) is 0 Å². The third kappa shape index (κ3) is 1.78. The van der Waals surface area contributed by atoms with Gasteiger partial charge < -0.3 is 10.1 Å². The number of nitrogens with one attached hydrogen (secondary N) is 1.